The summed E-state index contributed by atoms with van der Waals surface area (Å²) in [4.78, 5) is 16.7. The summed E-state index contributed by atoms with van der Waals surface area (Å²) in [5.41, 5.74) is 2.42. The van der Waals surface area contributed by atoms with Crippen LogP contribution in [0.3, 0.4) is 0 Å². The van der Waals surface area contributed by atoms with Gasteiger partial charge in [-0.05, 0) is 48.9 Å². The van der Waals surface area contributed by atoms with E-state index >= 15 is 0 Å². The molecule has 0 atom stereocenters. The highest BCUT2D eigenvalue weighted by molar-refractivity contribution is 7.98. The molecule has 0 aliphatic heterocycles. The van der Waals surface area contributed by atoms with E-state index in [1.807, 2.05) is 35.9 Å². The zero-order valence-electron chi connectivity index (χ0n) is 15.7. The van der Waals surface area contributed by atoms with E-state index in [2.05, 4.69) is 20.5 Å². The summed E-state index contributed by atoms with van der Waals surface area (Å²) < 4.78 is 14.9. The largest absolute Gasteiger partial charge is 0.320 e. The molecule has 0 unspecified atom stereocenters. The minimum Gasteiger partial charge on any atom is -0.320 e. The van der Waals surface area contributed by atoms with Gasteiger partial charge in [-0.15, -0.1) is 10.2 Å². The average Bonchev–Trinajstić information content (AvgIpc) is 3.40. The maximum atomic E-state index is 13.0. The Kier molecular flexibility index (Phi) is 6.12. The molecule has 0 saturated carbocycles. The lowest BCUT2D eigenvalue weighted by Crippen LogP contribution is -2.11. The maximum Gasteiger partial charge on any atom is 0.286 e. The van der Waals surface area contributed by atoms with Gasteiger partial charge in [0.1, 0.15) is 10.8 Å². The Morgan fingerprint density at radius 2 is 2.03 bits per heavy atom. The molecule has 0 bridgehead atoms. The fourth-order valence-corrected chi connectivity index (χ4v) is 4.54. The van der Waals surface area contributed by atoms with Crippen molar-refractivity contribution in [2.75, 3.05) is 5.32 Å². The van der Waals surface area contributed by atoms with Crippen molar-refractivity contribution >= 4 is 46.3 Å². The molecule has 2 aromatic heterocycles. The maximum absolute atomic E-state index is 13.0. The SMILES string of the molecule is Cc1c(Cl)cccc1-n1ccnc1SCc1nnc(C(=O)Nc2ccc(F)cc2)s1. The van der Waals surface area contributed by atoms with Crippen molar-refractivity contribution < 1.29 is 9.18 Å². The summed E-state index contributed by atoms with van der Waals surface area (Å²) in [5.74, 6) is -0.237. The smallest absolute Gasteiger partial charge is 0.286 e. The van der Waals surface area contributed by atoms with Gasteiger partial charge < -0.3 is 5.32 Å². The zero-order chi connectivity index (χ0) is 21.1. The minimum absolute atomic E-state index is 0.240. The Bertz CT molecular complexity index is 1190. The second kappa shape index (κ2) is 8.95. The van der Waals surface area contributed by atoms with Crippen LogP contribution in [0.1, 0.15) is 20.4 Å². The lowest BCUT2D eigenvalue weighted by Gasteiger charge is -2.11. The van der Waals surface area contributed by atoms with Crippen LogP contribution in [-0.2, 0) is 5.75 Å². The quantitative estimate of drug-likeness (QED) is 0.392. The lowest BCUT2D eigenvalue weighted by molar-refractivity contribution is 0.102. The van der Waals surface area contributed by atoms with E-state index in [1.165, 1.54) is 47.4 Å². The van der Waals surface area contributed by atoms with Gasteiger partial charge in [0.15, 0.2) is 5.16 Å². The zero-order valence-corrected chi connectivity index (χ0v) is 18.1. The average molecular weight is 460 g/mol. The first kappa shape index (κ1) is 20.5. The van der Waals surface area contributed by atoms with Crippen molar-refractivity contribution in [2.24, 2.45) is 0 Å². The van der Waals surface area contributed by atoms with Crippen LogP contribution in [0.4, 0.5) is 10.1 Å². The minimum atomic E-state index is -0.383. The molecular formula is C20H15ClFN5OS2. The van der Waals surface area contributed by atoms with Crippen molar-refractivity contribution in [1.29, 1.82) is 0 Å². The standard InChI is InChI=1S/C20H15ClFN5OS2/c1-12-15(21)3-2-4-16(12)27-10-9-23-20(27)29-11-17-25-26-19(30-17)18(28)24-14-7-5-13(22)6-8-14/h2-10H,11H2,1H3,(H,24,28). The Balaban J connectivity index is 1.43. The van der Waals surface area contributed by atoms with Gasteiger partial charge in [0, 0.05) is 23.1 Å². The van der Waals surface area contributed by atoms with Gasteiger partial charge in [0.05, 0.1) is 11.4 Å². The van der Waals surface area contributed by atoms with Crippen molar-refractivity contribution in [1.82, 2.24) is 19.7 Å². The van der Waals surface area contributed by atoms with Crippen LogP contribution in [0, 0.1) is 12.7 Å². The first-order valence-corrected chi connectivity index (χ1v) is 11.0. The molecule has 0 radical (unpaired) electrons. The fraction of sp³-hybridized carbons (Fsp3) is 0.100. The summed E-state index contributed by atoms with van der Waals surface area (Å²) in [6, 6.07) is 11.3. The Morgan fingerprint density at radius 1 is 1.23 bits per heavy atom. The van der Waals surface area contributed by atoms with Crippen LogP contribution < -0.4 is 5.32 Å². The molecular weight excluding hydrogens is 445 g/mol. The molecule has 0 fully saturated rings. The number of rotatable bonds is 6. The third-order valence-corrected chi connectivity index (χ3v) is 6.69. The van der Waals surface area contributed by atoms with Crippen LogP contribution in [0.15, 0.2) is 60.0 Å². The molecule has 1 amide bonds. The molecule has 1 N–H and O–H groups in total. The molecule has 6 nitrogen and oxygen atoms in total. The summed E-state index contributed by atoms with van der Waals surface area (Å²) >= 11 is 8.94. The topological polar surface area (TPSA) is 72.7 Å². The van der Waals surface area contributed by atoms with Gasteiger partial charge in [-0.1, -0.05) is 40.8 Å². The number of nitrogens with zero attached hydrogens (tertiary/aromatic N) is 4. The Labute approximate surface area is 185 Å². The molecule has 30 heavy (non-hydrogen) atoms. The second-order valence-electron chi connectivity index (χ2n) is 6.21. The first-order valence-electron chi connectivity index (χ1n) is 8.82. The van der Waals surface area contributed by atoms with Gasteiger partial charge in [-0.3, -0.25) is 9.36 Å². The summed E-state index contributed by atoms with van der Waals surface area (Å²) in [7, 11) is 0. The van der Waals surface area contributed by atoms with E-state index in [1.54, 1.807) is 6.20 Å². The molecule has 4 aromatic rings. The van der Waals surface area contributed by atoms with E-state index in [0.29, 0.717) is 21.5 Å². The monoisotopic (exact) mass is 459 g/mol. The van der Waals surface area contributed by atoms with Crippen molar-refractivity contribution in [2.45, 2.75) is 17.8 Å². The third-order valence-electron chi connectivity index (χ3n) is 4.19. The Hall–Kier alpha value is -2.75. The van der Waals surface area contributed by atoms with Crippen LogP contribution >= 0.6 is 34.7 Å². The molecule has 152 valence electrons. The molecule has 2 heterocycles. The van der Waals surface area contributed by atoms with Gasteiger partial charge >= 0.3 is 0 Å². The highest BCUT2D eigenvalue weighted by Crippen LogP contribution is 2.29. The van der Waals surface area contributed by atoms with E-state index in [-0.39, 0.29) is 16.7 Å². The van der Waals surface area contributed by atoms with E-state index in [0.717, 1.165) is 16.4 Å². The molecule has 10 heteroatoms. The highest BCUT2D eigenvalue weighted by Gasteiger charge is 2.15. The summed E-state index contributed by atoms with van der Waals surface area (Å²) in [6.07, 6.45) is 3.60. The van der Waals surface area contributed by atoms with Gasteiger partial charge in [-0.2, -0.15) is 0 Å². The Morgan fingerprint density at radius 3 is 2.83 bits per heavy atom. The van der Waals surface area contributed by atoms with Crippen LogP contribution in [0.25, 0.3) is 5.69 Å². The molecule has 0 spiro atoms. The van der Waals surface area contributed by atoms with Crippen LogP contribution in [0.2, 0.25) is 5.02 Å². The number of carbonyl (C=O) groups excluding carboxylic acids is 1. The van der Waals surface area contributed by atoms with E-state index in [4.69, 9.17) is 11.6 Å². The van der Waals surface area contributed by atoms with E-state index < -0.39 is 0 Å². The molecule has 2 aromatic carbocycles. The number of benzene rings is 2. The normalized spacial score (nSPS) is 10.9. The predicted molar refractivity (Wildman–Crippen MR) is 117 cm³/mol. The van der Waals surface area contributed by atoms with Gasteiger partial charge in [-0.25, -0.2) is 9.37 Å². The fourth-order valence-electron chi connectivity index (χ4n) is 2.68. The van der Waals surface area contributed by atoms with Gasteiger partial charge in [0.2, 0.25) is 5.01 Å². The highest BCUT2D eigenvalue weighted by atomic mass is 35.5. The third kappa shape index (κ3) is 4.53. The number of hydrogen-bond donors (Lipinski definition) is 1. The summed E-state index contributed by atoms with van der Waals surface area (Å²) in [6.45, 7) is 1.96. The number of hydrogen-bond acceptors (Lipinski definition) is 6. The van der Waals surface area contributed by atoms with Crippen LogP contribution in [0.5, 0.6) is 0 Å². The second-order valence-corrected chi connectivity index (χ2v) is 8.63. The van der Waals surface area contributed by atoms with Crippen molar-refractivity contribution in [3.05, 3.63) is 81.3 Å². The number of imidazole rings is 1. The number of thioether (sulfide) groups is 1. The number of nitrogens with one attached hydrogen (secondary N) is 1. The molecule has 0 aliphatic rings. The first-order chi connectivity index (χ1) is 14.5. The van der Waals surface area contributed by atoms with Crippen molar-refractivity contribution in [3.8, 4) is 5.69 Å². The van der Waals surface area contributed by atoms with E-state index in [9.17, 15) is 9.18 Å². The number of amides is 1. The number of carbonyl (C=O) groups is 1. The number of halogens is 2. The molecule has 0 saturated heterocycles. The molecule has 0 aliphatic carbocycles. The summed E-state index contributed by atoms with van der Waals surface area (Å²) in [5, 5.41) is 13.1. The van der Waals surface area contributed by atoms with Crippen LogP contribution in [-0.4, -0.2) is 25.7 Å². The number of anilines is 1. The lowest BCUT2D eigenvalue weighted by atomic mass is 10.2. The molecule has 4 rings (SSSR count). The predicted octanol–water partition coefficient (Wildman–Crippen LogP) is 5.37. The van der Waals surface area contributed by atoms with Gasteiger partial charge in [0.25, 0.3) is 5.91 Å². The van der Waals surface area contributed by atoms with Crippen molar-refractivity contribution in [3.63, 3.8) is 0 Å². The number of aromatic nitrogens is 4.